The van der Waals surface area contributed by atoms with E-state index in [1.54, 1.807) is 0 Å². The normalized spacial score (nSPS) is 18.1. The molecule has 45 heavy (non-hydrogen) atoms. The number of carbonyl (C=O) groups is 2. The summed E-state index contributed by atoms with van der Waals surface area (Å²) < 4.78 is 6.96. The topological polar surface area (TPSA) is 96.7 Å². The predicted octanol–water partition coefficient (Wildman–Crippen LogP) is 7.02. The third-order valence-corrected chi connectivity index (χ3v) is 9.84. The van der Waals surface area contributed by atoms with Crippen molar-refractivity contribution in [3.8, 4) is 22.7 Å². The zero-order valence-electron chi connectivity index (χ0n) is 26.0. The van der Waals surface area contributed by atoms with Crippen molar-refractivity contribution in [1.82, 2.24) is 14.7 Å². The summed E-state index contributed by atoms with van der Waals surface area (Å²) >= 11 is 0. The largest absolute Gasteiger partial charge is 0.480 e. The van der Waals surface area contributed by atoms with Crippen LogP contribution in [0.5, 0.6) is 5.88 Å². The molecule has 232 valence electrons. The molecule has 0 radical (unpaired) electrons. The van der Waals surface area contributed by atoms with E-state index in [-0.39, 0.29) is 17.5 Å². The summed E-state index contributed by atoms with van der Waals surface area (Å²) in [5.41, 5.74) is 9.59. The Balaban J connectivity index is 1.12. The van der Waals surface area contributed by atoms with Crippen molar-refractivity contribution in [3.05, 3.63) is 94.7 Å². The van der Waals surface area contributed by atoms with Crippen LogP contribution in [0.15, 0.2) is 66.9 Å². The fourth-order valence-corrected chi connectivity index (χ4v) is 7.35. The molecule has 7 rings (SSSR count). The number of aryl methyl sites for hydroxylation is 2. The highest BCUT2D eigenvalue weighted by molar-refractivity contribution is 5.90. The number of benzene rings is 3. The van der Waals surface area contributed by atoms with Crippen LogP contribution in [0.25, 0.3) is 16.8 Å². The summed E-state index contributed by atoms with van der Waals surface area (Å²) in [5, 5.41) is 17.7. The number of likely N-dealkylation sites (tertiary alicyclic amines) is 1. The molecule has 1 aromatic heterocycles. The minimum absolute atomic E-state index is 0.0272. The number of piperidine rings is 1. The number of nitrogens with one attached hydrogen (secondary N) is 1. The van der Waals surface area contributed by atoms with E-state index < -0.39 is 5.97 Å². The van der Waals surface area contributed by atoms with E-state index in [2.05, 4.69) is 64.7 Å². The van der Waals surface area contributed by atoms with E-state index in [1.807, 2.05) is 18.2 Å². The van der Waals surface area contributed by atoms with Crippen LogP contribution in [0.2, 0.25) is 0 Å². The van der Waals surface area contributed by atoms with Crippen molar-refractivity contribution in [3.63, 3.8) is 0 Å². The fraction of sp³-hybridized carbons (Fsp3) is 0.378. The number of fused-ring (bicyclic) bond motifs is 1. The molecular formula is C37H40N4O4. The van der Waals surface area contributed by atoms with Gasteiger partial charge in [-0.15, -0.1) is 0 Å². The van der Waals surface area contributed by atoms with Crippen molar-refractivity contribution >= 4 is 17.6 Å². The smallest absolute Gasteiger partial charge is 0.342 e. The molecule has 1 saturated carbocycles. The standard InChI is InChI=1S/C37H40N4O4/c1-3-23-20-28(13-14-30(23)24-16-18-40(19-17-24)35(42)26-10-11-26)39-33-15-12-25-6-5-9-31(34(25)33)27-7-4-8-29(21-27)41-36(45-2)32(22-38-41)37(43)44/h4-9,13-14,20-22,24,26,33,39H,3,10-12,15-19H2,1-2H3,(H,43,44)/t33-/m1/s1. The number of carbonyl (C=O) groups excluding carboxylic acids is 1. The lowest BCUT2D eigenvalue weighted by Crippen LogP contribution is -2.38. The number of hydrogen-bond donors (Lipinski definition) is 2. The quantitative estimate of drug-likeness (QED) is 0.213. The number of amides is 1. The van der Waals surface area contributed by atoms with Crippen molar-refractivity contribution < 1.29 is 19.4 Å². The Morgan fingerprint density at radius 2 is 1.80 bits per heavy atom. The lowest BCUT2D eigenvalue weighted by Gasteiger charge is -2.33. The maximum Gasteiger partial charge on any atom is 0.342 e. The van der Waals surface area contributed by atoms with Crippen LogP contribution in [0.4, 0.5) is 5.69 Å². The molecule has 2 N–H and O–H groups in total. The molecule has 0 bridgehead atoms. The van der Waals surface area contributed by atoms with Crippen molar-refractivity contribution in [2.24, 2.45) is 5.92 Å². The van der Waals surface area contributed by atoms with Crippen LogP contribution in [0.1, 0.15) is 83.6 Å². The molecule has 2 fully saturated rings. The van der Waals surface area contributed by atoms with Gasteiger partial charge in [0.2, 0.25) is 11.8 Å². The number of aromatic nitrogens is 2. The second kappa shape index (κ2) is 12.1. The Labute approximate surface area is 264 Å². The Kier molecular flexibility index (Phi) is 7.81. The van der Waals surface area contributed by atoms with Crippen LogP contribution in [0, 0.1) is 5.92 Å². The van der Waals surface area contributed by atoms with E-state index in [9.17, 15) is 14.7 Å². The Bertz CT molecular complexity index is 1750. The third-order valence-electron chi connectivity index (χ3n) is 9.84. The minimum atomic E-state index is -1.07. The van der Waals surface area contributed by atoms with E-state index in [0.29, 0.717) is 17.7 Å². The number of carboxylic acids is 1. The van der Waals surface area contributed by atoms with Crippen molar-refractivity contribution in [2.75, 3.05) is 25.5 Å². The van der Waals surface area contributed by atoms with Gasteiger partial charge in [0, 0.05) is 24.7 Å². The highest BCUT2D eigenvalue weighted by Gasteiger charge is 2.35. The number of methoxy groups -OCH3 is 1. The number of nitrogens with zero attached hydrogens (tertiary/aromatic N) is 3. The molecule has 4 aromatic rings. The van der Waals surface area contributed by atoms with Gasteiger partial charge in [0.05, 0.1) is 25.0 Å². The van der Waals surface area contributed by atoms with Gasteiger partial charge in [-0.2, -0.15) is 5.10 Å². The molecule has 0 spiro atoms. The maximum absolute atomic E-state index is 12.6. The number of rotatable bonds is 9. The first kappa shape index (κ1) is 29.1. The van der Waals surface area contributed by atoms with E-state index in [1.165, 1.54) is 40.2 Å². The molecule has 8 nitrogen and oxygen atoms in total. The zero-order valence-corrected chi connectivity index (χ0v) is 26.0. The number of aromatic carboxylic acids is 1. The molecule has 1 amide bonds. The van der Waals surface area contributed by atoms with Gasteiger partial charge < -0.3 is 20.1 Å². The second-order valence-corrected chi connectivity index (χ2v) is 12.6. The van der Waals surface area contributed by atoms with Gasteiger partial charge in [0.25, 0.3) is 0 Å². The van der Waals surface area contributed by atoms with Crippen molar-refractivity contribution in [2.45, 2.75) is 63.8 Å². The average Bonchev–Trinajstić information content (AvgIpc) is 3.70. The molecule has 8 heteroatoms. The first-order valence-electron chi connectivity index (χ1n) is 16.2. The minimum Gasteiger partial charge on any atom is -0.480 e. The molecule has 0 unspecified atom stereocenters. The van der Waals surface area contributed by atoms with Crippen LogP contribution in [0.3, 0.4) is 0 Å². The Hall–Kier alpha value is -4.59. The molecule has 1 atom stereocenters. The van der Waals surface area contributed by atoms with Gasteiger partial charge in [0.1, 0.15) is 5.56 Å². The lowest BCUT2D eigenvalue weighted by atomic mass is 9.85. The molecule has 3 aromatic carbocycles. The number of hydrogen-bond acceptors (Lipinski definition) is 5. The van der Waals surface area contributed by atoms with Gasteiger partial charge >= 0.3 is 5.97 Å². The van der Waals surface area contributed by atoms with E-state index in [0.717, 1.165) is 80.5 Å². The van der Waals surface area contributed by atoms with E-state index >= 15 is 0 Å². The summed E-state index contributed by atoms with van der Waals surface area (Å²) in [6, 6.07) is 21.6. The number of carboxylic acid groups (broad SMARTS) is 1. The van der Waals surface area contributed by atoms with Gasteiger partial charge in [-0.25, -0.2) is 9.48 Å². The molecular weight excluding hydrogens is 564 g/mol. The average molecular weight is 605 g/mol. The summed E-state index contributed by atoms with van der Waals surface area (Å²) in [6.07, 6.45) is 8.54. The van der Waals surface area contributed by atoms with Crippen molar-refractivity contribution in [1.29, 1.82) is 0 Å². The molecule has 3 aliphatic rings. The second-order valence-electron chi connectivity index (χ2n) is 12.6. The lowest BCUT2D eigenvalue weighted by molar-refractivity contribution is -0.133. The third kappa shape index (κ3) is 5.58. The summed E-state index contributed by atoms with van der Waals surface area (Å²) in [5.74, 6) is 0.303. The SMILES string of the molecule is CCc1cc(N[C@@H]2CCc3cccc(-c4cccc(-n5ncc(C(=O)O)c5OC)c4)c32)ccc1C1CCN(C(=O)C2CC2)CC1. The van der Waals surface area contributed by atoms with Gasteiger partial charge in [-0.05, 0) is 109 Å². The fourth-order valence-electron chi connectivity index (χ4n) is 7.35. The van der Waals surface area contributed by atoms with Gasteiger partial charge in [-0.3, -0.25) is 4.79 Å². The van der Waals surface area contributed by atoms with Crippen LogP contribution >= 0.6 is 0 Å². The van der Waals surface area contributed by atoms with Gasteiger partial charge in [0.15, 0.2) is 0 Å². The van der Waals surface area contributed by atoms with Gasteiger partial charge in [-0.1, -0.05) is 43.3 Å². The Morgan fingerprint density at radius 3 is 2.53 bits per heavy atom. The predicted molar refractivity (Wildman–Crippen MR) is 174 cm³/mol. The summed E-state index contributed by atoms with van der Waals surface area (Å²) in [4.78, 5) is 26.3. The Morgan fingerprint density at radius 1 is 1.00 bits per heavy atom. The first-order valence-corrected chi connectivity index (χ1v) is 16.2. The summed E-state index contributed by atoms with van der Waals surface area (Å²) in [7, 11) is 1.46. The molecule has 2 aliphatic carbocycles. The molecule has 2 heterocycles. The van der Waals surface area contributed by atoms with E-state index in [4.69, 9.17) is 4.74 Å². The van der Waals surface area contributed by atoms with Crippen LogP contribution in [-0.2, 0) is 17.6 Å². The number of ether oxygens (including phenoxy) is 1. The highest BCUT2D eigenvalue weighted by Crippen LogP contribution is 2.42. The molecule has 1 saturated heterocycles. The molecule has 1 aliphatic heterocycles. The highest BCUT2D eigenvalue weighted by atomic mass is 16.5. The number of anilines is 1. The first-order chi connectivity index (χ1) is 21.9. The van der Waals surface area contributed by atoms with Crippen LogP contribution < -0.4 is 10.1 Å². The monoisotopic (exact) mass is 604 g/mol. The summed E-state index contributed by atoms with van der Waals surface area (Å²) in [6.45, 7) is 3.98. The van der Waals surface area contributed by atoms with Crippen LogP contribution in [-0.4, -0.2) is 51.9 Å². The zero-order chi connectivity index (χ0) is 31.1. The maximum atomic E-state index is 12.6.